The number of ether oxygens (including phenoxy) is 1. The van der Waals surface area contributed by atoms with Gasteiger partial charge >= 0.3 is 0 Å². The van der Waals surface area contributed by atoms with Crippen molar-refractivity contribution in [2.75, 3.05) is 47.1 Å². The molecule has 1 aromatic carbocycles. The lowest BCUT2D eigenvalue weighted by Crippen LogP contribution is -2.27. The van der Waals surface area contributed by atoms with Crippen molar-refractivity contribution in [2.24, 2.45) is 0 Å². The maximum absolute atomic E-state index is 13.7. The van der Waals surface area contributed by atoms with Crippen molar-refractivity contribution in [3.63, 3.8) is 0 Å². The summed E-state index contributed by atoms with van der Waals surface area (Å²) in [5.41, 5.74) is 2.00. The summed E-state index contributed by atoms with van der Waals surface area (Å²) in [6.07, 6.45) is 0.897. The number of benzene rings is 1. The smallest absolute Gasteiger partial charge is 0.267 e. The summed E-state index contributed by atoms with van der Waals surface area (Å²) in [5.74, 6) is 1.59. The van der Waals surface area contributed by atoms with Gasteiger partial charge in [0.1, 0.15) is 10.6 Å². The fourth-order valence-corrected chi connectivity index (χ4v) is 6.01. The zero-order chi connectivity index (χ0) is 20.5. The highest BCUT2D eigenvalue weighted by atomic mass is 32.2. The van der Waals surface area contributed by atoms with E-state index in [2.05, 4.69) is 30.9 Å². The van der Waals surface area contributed by atoms with Gasteiger partial charge in [0.15, 0.2) is 5.16 Å². The number of nitrogens with zero attached hydrogens (tertiary/aromatic N) is 4. The van der Waals surface area contributed by atoms with E-state index in [0.29, 0.717) is 0 Å². The Morgan fingerprint density at radius 3 is 2.93 bits per heavy atom. The number of thioether (sulfide) groups is 1. The third kappa shape index (κ3) is 4.07. The van der Waals surface area contributed by atoms with Crippen molar-refractivity contribution in [1.29, 1.82) is 0 Å². The molecule has 2 aromatic heterocycles. The van der Waals surface area contributed by atoms with Crippen molar-refractivity contribution >= 4 is 33.3 Å². The lowest BCUT2D eigenvalue weighted by molar-refractivity contribution is 0.318. The number of rotatable bonds is 6. The molecule has 8 heteroatoms. The zero-order valence-electron chi connectivity index (χ0n) is 17.3. The standard InChI is InChI=1S/C21H26N4O2S2/c1-23(2)10-11-28-21-22-19-18(16-8-9-24(3)13-17(16)29-19)20(26)25(21)14-6-5-7-15(12-14)27-4/h5-7,12H,8-11,13H2,1-4H3. The molecular weight excluding hydrogens is 404 g/mol. The Kier molecular flexibility index (Phi) is 5.96. The molecule has 0 saturated heterocycles. The van der Waals surface area contributed by atoms with Gasteiger partial charge in [-0.05, 0) is 45.3 Å². The van der Waals surface area contributed by atoms with E-state index in [9.17, 15) is 4.79 Å². The minimum Gasteiger partial charge on any atom is -0.497 e. The van der Waals surface area contributed by atoms with Gasteiger partial charge in [-0.3, -0.25) is 9.36 Å². The number of likely N-dealkylation sites (N-methyl/N-ethyl adjacent to an activating group) is 1. The van der Waals surface area contributed by atoms with Crippen LogP contribution in [0.3, 0.4) is 0 Å². The van der Waals surface area contributed by atoms with Crippen molar-refractivity contribution in [3.8, 4) is 11.4 Å². The second kappa shape index (κ2) is 8.47. The Morgan fingerprint density at radius 2 is 2.17 bits per heavy atom. The summed E-state index contributed by atoms with van der Waals surface area (Å²) < 4.78 is 7.15. The Bertz CT molecular complexity index is 1090. The van der Waals surface area contributed by atoms with E-state index in [1.54, 1.807) is 34.8 Å². The maximum Gasteiger partial charge on any atom is 0.267 e. The molecule has 1 aliphatic rings. The summed E-state index contributed by atoms with van der Waals surface area (Å²) in [6.45, 7) is 2.78. The van der Waals surface area contributed by atoms with Gasteiger partial charge in [-0.25, -0.2) is 4.98 Å². The van der Waals surface area contributed by atoms with E-state index < -0.39 is 0 Å². The molecule has 154 valence electrons. The van der Waals surface area contributed by atoms with Crippen LogP contribution in [-0.2, 0) is 13.0 Å². The SMILES string of the molecule is COc1cccc(-n2c(SCCN(C)C)nc3sc4c(c3c2=O)CCN(C)C4)c1. The molecule has 0 bridgehead atoms. The first kappa shape index (κ1) is 20.4. The lowest BCUT2D eigenvalue weighted by atomic mass is 10.1. The molecule has 0 aliphatic carbocycles. The summed E-state index contributed by atoms with van der Waals surface area (Å²) in [7, 11) is 7.87. The molecule has 0 unspecified atom stereocenters. The normalized spacial score (nSPS) is 14.5. The highest BCUT2D eigenvalue weighted by Gasteiger charge is 2.24. The van der Waals surface area contributed by atoms with E-state index in [1.807, 2.05) is 24.3 Å². The van der Waals surface area contributed by atoms with Crippen LogP contribution in [0.15, 0.2) is 34.2 Å². The van der Waals surface area contributed by atoms with Gasteiger partial charge in [-0.15, -0.1) is 11.3 Å². The molecule has 0 amide bonds. The molecule has 4 rings (SSSR count). The third-order valence-electron chi connectivity index (χ3n) is 5.12. The number of methoxy groups -OCH3 is 1. The predicted octanol–water partition coefficient (Wildman–Crippen LogP) is 3.10. The fraction of sp³-hybridized carbons (Fsp3) is 0.429. The Hall–Kier alpha value is -1.87. The summed E-state index contributed by atoms with van der Waals surface area (Å²) >= 11 is 3.29. The van der Waals surface area contributed by atoms with Crippen LogP contribution >= 0.6 is 23.1 Å². The quantitative estimate of drug-likeness (QED) is 0.442. The van der Waals surface area contributed by atoms with Gasteiger partial charge < -0.3 is 14.5 Å². The van der Waals surface area contributed by atoms with Crippen LogP contribution in [-0.4, -0.2) is 66.4 Å². The molecule has 0 saturated carbocycles. The number of hydrogen-bond acceptors (Lipinski definition) is 7. The predicted molar refractivity (Wildman–Crippen MR) is 121 cm³/mol. The first-order valence-electron chi connectivity index (χ1n) is 9.65. The van der Waals surface area contributed by atoms with Gasteiger partial charge in [0.05, 0.1) is 18.2 Å². The van der Waals surface area contributed by atoms with E-state index >= 15 is 0 Å². The minimum absolute atomic E-state index is 0.0256. The molecule has 0 spiro atoms. The van der Waals surface area contributed by atoms with Crippen molar-refractivity contribution in [3.05, 3.63) is 45.1 Å². The molecule has 6 nitrogen and oxygen atoms in total. The van der Waals surface area contributed by atoms with Crippen LogP contribution in [0.25, 0.3) is 15.9 Å². The van der Waals surface area contributed by atoms with Crippen LogP contribution < -0.4 is 10.3 Å². The number of thiophene rings is 1. The molecule has 1 aliphatic heterocycles. The third-order valence-corrected chi connectivity index (χ3v) is 7.15. The van der Waals surface area contributed by atoms with E-state index in [0.717, 1.165) is 58.6 Å². The van der Waals surface area contributed by atoms with Gasteiger partial charge in [0.2, 0.25) is 0 Å². The van der Waals surface area contributed by atoms with Crippen LogP contribution in [0.2, 0.25) is 0 Å². The van der Waals surface area contributed by atoms with E-state index in [-0.39, 0.29) is 5.56 Å². The second-order valence-corrected chi connectivity index (χ2v) is 9.71. The van der Waals surface area contributed by atoms with Crippen LogP contribution in [0.4, 0.5) is 0 Å². The second-order valence-electron chi connectivity index (χ2n) is 7.56. The largest absolute Gasteiger partial charge is 0.497 e. The summed E-state index contributed by atoms with van der Waals surface area (Å²) in [4.78, 5) is 25.2. The number of aromatic nitrogens is 2. The Morgan fingerprint density at radius 1 is 1.34 bits per heavy atom. The van der Waals surface area contributed by atoms with Crippen LogP contribution in [0.5, 0.6) is 5.75 Å². The summed E-state index contributed by atoms with van der Waals surface area (Å²) in [5, 5.41) is 1.53. The zero-order valence-corrected chi connectivity index (χ0v) is 18.9. The lowest BCUT2D eigenvalue weighted by Gasteiger charge is -2.21. The average Bonchev–Trinajstić information content (AvgIpc) is 3.05. The first-order valence-corrected chi connectivity index (χ1v) is 11.5. The molecule has 0 N–H and O–H groups in total. The molecular formula is C21H26N4O2S2. The molecule has 3 aromatic rings. The molecule has 29 heavy (non-hydrogen) atoms. The Labute approximate surface area is 179 Å². The van der Waals surface area contributed by atoms with Crippen LogP contribution in [0, 0.1) is 0 Å². The van der Waals surface area contributed by atoms with Crippen molar-refractivity contribution in [2.45, 2.75) is 18.1 Å². The van der Waals surface area contributed by atoms with Crippen molar-refractivity contribution in [1.82, 2.24) is 19.4 Å². The highest BCUT2D eigenvalue weighted by Crippen LogP contribution is 2.34. The van der Waals surface area contributed by atoms with Gasteiger partial charge in [0.25, 0.3) is 5.56 Å². The average molecular weight is 431 g/mol. The highest BCUT2D eigenvalue weighted by molar-refractivity contribution is 7.99. The minimum atomic E-state index is 0.0256. The first-order chi connectivity index (χ1) is 14.0. The molecule has 0 fully saturated rings. The van der Waals surface area contributed by atoms with Crippen LogP contribution in [0.1, 0.15) is 10.4 Å². The molecule has 0 atom stereocenters. The number of fused-ring (bicyclic) bond motifs is 3. The van der Waals surface area contributed by atoms with Gasteiger partial charge in [-0.2, -0.15) is 0 Å². The van der Waals surface area contributed by atoms with Gasteiger partial charge in [0, 0.05) is 36.3 Å². The number of hydrogen-bond donors (Lipinski definition) is 0. The fourth-order valence-electron chi connectivity index (χ4n) is 3.55. The van der Waals surface area contributed by atoms with E-state index in [4.69, 9.17) is 9.72 Å². The maximum atomic E-state index is 13.7. The molecule has 3 heterocycles. The monoisotopic (exact) mass is 430 g/mol. The Balaban J connectivity index is 1.89. The van der Waals surface area contributed by atoms with E-state index in [1.165, 1.54) is 10.4 Å². The topological polar surface area (TPSA) is 50.6 Å². The molecule has 0 radical (unpaired) electrons. The van der Waals surface area contributed by atoms with Crippen molar-refractivity contribution < 1.29 is 4.74 Å². The summed E-state index contributed by atoms with van der Waals surface area (Å²) in [6, 6.07) is 7.65. The van der Waals surface area contributed by atoms with Gasteiger partial charge in [-0.1, -0.05) is 17.8 Å².